The molecule has 1 amide bonds. The van der Waals surface area contributed by atoms with Crippen molar-refractivity contribution in [2.24, 2.45) is 7.05 Å². The van der Waals surface area contributed by atoms with Crippen molar-refractivity contribution in [2.75, 3.05) is 4.90 Å². The molecule has 0 saturated carbocycles. The first-order chi connectivity index (χ1) is 16.8. The van der Waals surface area contributed by atoms with Crippen molar-refractivity contribution in [2.45, 2.75) is 12.7 Å². The van der Waals surface area contributed by atoms with Gasteiger partial charge in [0.15, 0.2) is 5.82 Å². The number of anilines is 1. The molecule has 0 spiro atoms. The average molecular weight is 473 g/mol. The van der Waals surface area contributed by atoms with E-state index in [1.807, 2.05) is 54.1 Å². The summed E-state index contributed by atoms with van der Waals surface area (Å²) in [5, 5.41) is 9.07. The number of aromatic nitrogens is 4. The van der Waals surface area contributed by atoms with E-state index in [9.17, 15) is 18.0 Å². The molecule has 3 aromatic carbocycles. The number of aryl methyl sites for hydroxylation is 1. The fourth-order valence-corrected chi connectivity index (χ4v) is 4.77. The standard InChI is InChI=1S/C26H18F3N5O/c1-33-14-31-32-24(33)18-6-3-2-5-17(18)20-12-16(11-15-9-10-30-23(15)20)34-13-21-19(25(34)35)7-4-8-22(21)26(27,28)29/h2-12,14,30H,13H2,1H3. The third-order valence-corrected chi connectivity index (χ3v) is 6.40. The Hall–Kier alpha value is -4.40. The van der Waals surface area contributed by atoms with E-state index in [0.29, 0.717) is 11.5 Å². The highest BCUT2D eigenvalue weighted by Crippen LogP contribution is 2.42. The molecule has 0 saturated heterocycles. The molecule has 6 nitrogen and oxygen atoms in total. The minimum Gasteiger partial charge on any atom is -0.361 e. The monoisotopic (exact) mass is 473 g/mol. The SMILES string of the molecule is Cn1cnnc1-c1ccccc1-c1cc(N2Cc3c(cccc3C(F)(F)F)C2=O)cc2cc[nH]c12. The quantitative estimate of drug-likeness (QED) is 0.360. The van der Waals surface area contributed by atoms with E-state index in [1.54, 1.807) is 12.5 Å². The highest BCUT2D eigenvalue weighted by molar-refractivity contribution is 6.12. The summed E-state index contributed by atoms with van der Waals surface area (Å²) in [6.45, 7) is -0.149. The maximum absolute atomic E-state index is 13.6. The van der Waals surface area contributed by atoms with E-state index in [0.717, 1.165) is 33.7 Å². The highest BCUT2D eigenvalue weighted by Gasteiger charge is 2.39. The van der Waals surface area contributed by atoms with Gasteiger partial charge in [0.25, 0.3) is 5.91 Å². The molecule has 1 aliphatic rings. The number of nitrogens with one attached hydrogen (secondary N) is 1. The van der Waals surface area contributed by atoms with E-state index in [4.69, 9.17) is 0 Å². The van der Waals surface area contributed by atoms with Crippen molar-refractivity contribution in [3.05, 3.63) is 89.9 Å². The lowest BCUT2D eigenvalue weighted by Crippen LogP contribution is -2.23. The number of benzene rings is 3. The lowest BCUT2D eigenvalue weighted by atomic mass is 9.96. The fraction of sp³-hybridized carbons (Fsp3) is 0.115. The second kappa shape index (κ2) is 7.56. The number of aromatic amines is 1. The normalized spacial score (nSPS) is 13.6. The van der Waals surface area contributed by atoms with Gasteiger partial charge in [-0.15, -0.1) is 10.2 Å². The number of amides is 1. The molecule has 1 N–H and O–H groups in total. The summed E-state index contributed by atoms with van der Waals surface area (Å²) >= 11 is 0. The molecule has 5 aromatic rings. The van der Waals surface area contributed by atoms with Gasteiger partial charge in [0.1, 0.15) is 6.33 Å². The molecule has 0 atom stereocenters. The van der Waals surface area contributed by atoms with Gasteiger partial charge in [-0.1, -0.05) is 30.3 Å². The van der Waals surface area contributed by atoms with E-state index in [-0.39, 0.29) is 17.7 Å². The molecule has 174 valence electrons. The van der Waals surface area contributed by atoms with Gasteiger partial charge in [-0.05, 0) is 41.5 Å². The molecule has 6 rings (SSSR count). The van der Waals surface area contributed by atoms with E-state index in [2.05, 4.69) is 15.2 Å². The maximum atomic E-state index is 13.6. The number of hydrogen-bond acceptors (Lipinski definition) is 3. The zero-order valence-corrected chi connectivity index (χ0v) is 18.5. The smallest absolute Gasteiger partial charge is 0.361 e. The molecule has 0 fully saturated rings. The molecule has 0 unspecified atom stereocenters. The van der Waals surface area contributed by atoms with Gasteiger partial charge in [0.05, 0.1) is 17.6 Å². The maximum Gasteiger partial charge on any atom is 0.416 e. The van der Waals surface area contributed by atoms with Crippen LogP contribution in [0.3, 0.4) is 0 Å². The number of carbonyl (C=O) groups excluding carboxylic acids is 1. The van der Waals surface area contributed by atoms with Crippen molar-refractivity contribution in [1.82, 2.24) is 19.7 Å². The van der Waals surface area contributed by atoms with Crippen LogP contribution in [-0.4, -0.2) is 25.7 Å². The summed E-state index contributed by atoms with van der Waals surface area (Å²) in [5.74, 6) is 0.221. The Morgan fingerprint density at radius 2 is 1.71 bits per heavy atom. The summed E-state index contributed by atoms with van der Waals surface area (Å²) in [4.78, 5) is 17.9. The van der Waals surface area contributed by atoms with Gasteiger partial charge >= 0.3 is 6.18 Å². The van der Waals surface area contributed by atoms with Crippen molar-refractivity contribution in [3.63, 3.8) is 0 Å². The fourth-order valence-electron chi connectivity index (χ4n) is 4.77. The first-order valence-electron chi connectivity index (χ1n) is 10.9. The van der Waals surface area contributed by atoms with E-state index < -0.39 is 17.6 Å². The first-order valence-corrected chi connectivity index (χ1v) is 10.9. The van der Waals surface area contributed by atoms with Crippen molar-refractivity contribution >= 4 is 22.5 Å². The summed E-state index contributed by atoms with van der Waals surface area (Å²) in [5.41, 5.74) is 3.18. The van der Waals surface area contributed by atoms with Crippen LogP contribution in [0.15, 0.2) is 73.2 Å². The predicted octanol–water partition coefficient (Wildman–Crippen LogP) is 5.81. The van der Waals surface area contributed by atoms with Crippen LogP contribution in [0, 0.1) is 0 Å². The van der Waals surface area contributed by atoms with Gasteiger partial charge in [-0.3, -0.25) is 4.79 Å². The van der Waals surface area contributed by atoms with Crippen LogP contribution in [-0.2, 0) is 19.8 Å². The number of halogens is 3. The molecule has 1 aliphatic heterocycles. The van der Waals surface area contributed by atoms with Crippen LogP contribution in [0.2, 0.25) is 0 Å². The van der Waals surface area contributed by atoms with Crippen molar-refractivity contribution in [3.8, 4) is 22.5 Å². The number of carbonyl (C=O) groups is 1. The molecule has 0 aliphatic carbocycles. The predicted molar refractivity (Wildman–Crippen MR) is 126 cm³/mol. The number of alkyl halides is 3. The summed E-state index contributed by atoms with van der Waals surface area (Å²) in [7, 11) is 1.85. The van der Waals surface area contributed by atoms with Crippen LogP contribution in [0.5, 0.6) is 0 Å². The Balaban J connectivity index is 1.52. The summed E-state index contributed by atoms with van der Waals surface area (Å²) < 4.78 is 42.7. The minimum atomic E-state index is -4.54. The zero-order chi connectivity index (χ0) is 24.3. The Kier molecular flexibility index (Phi) is 4.57. The summed E-state index contributed by atoms with van der Waals surface area (Å²) in [6.07, 6.45) is -1.12. The van der Waals surface area contributed by atoms with E-state index in [1.165, 1.54) is 17.0 Å². The Bertz CT molecular complexity index is 1620. The molecule has 35 heavy (non-hydrogen) atoms. The summed E-state index contributed by atoms with van der Waals surface area (Å²) in [6, 6.07) is 17.0. The van der Waals surface area contributed by atoms with Crippen molar-refractivity contribution < 1.29 is 18.0 Å². The Morgan fingerprint density at radius 3 is 2.46 bits per heavy atom. The molecule has 0 bridgehead atoms. The van der Waals surface area contributed by atoms with Crippen LogP contribution in [0.25, 0.3) is 33.4 Å². The molecule has 2 aromatic heterocycles. The first kappa shape index (κ1) is 21.2. The lowest BCUT2D eigenvalue weighted by Gasteiger charge is -2.19. The number of H-pyrrole nitrogens is 1. The van der Waals surface area contributed by atoms with Crippen LogP contribution in [0.1, 0.15) is 21.5 Å². The second-order valence-corrected chi connectivity index (χ2v) is 8.47. The Labute approximate surface area is 197 Å². The average Bonchev–Trinajstić information content (AvgIpc) is 3.56. The van der Waals surface area contributed by atoms with Crippen LogP contribution in [0.4, 0.5) is 18.9 Å². The van der Waals surface area contributed by atoms with Gasteiger partial charge in [0, 0.05) is 41.0 Å². The van der Waals surface area contributed by atoms with Gasteiger partial charge in [0.2, 0.25) is 0 Å². The van der Waals surface area contributed by atoms with Gasteiger partial charge in [-0.2, -0.15) is 13.2 Å². The number of hydrogen-bond donors (Lipinski definition) is 1. The topological polar surface area (TPSA) is 66.8 Å². The van der Waals surface area contributed by atoms with Crippen molar-refractivity contribution in [1.29, 1.82) is 0 Å². The molecular weight excluding hydrogens is 455 g/mol. The van der Waals surface area contributed by atoms with Gasteiger partial charge < -0.3 is 14.5 Å². The van der Waals surface area contributed by atoms with Gasteiger partial charge in [-0.25, -0.2) is 0 Å². The largest absolute Gasteiger partial charge is 0.416 e. The molecular formula is C26H18F3N5O. The number of nitrogens with zero attached hydrogens (tertiary/aromatic N) is 4. The third-order valence-electron chi connectivity index (χ3n) is 6.40. The molecule has 0 radical (unpaired) electrons. The third kappa shape index (κ3) is 3.30. The van der Waals surface area contributed by atoms with Crippen LogP contribution >= 0.6 is 0 Å². The lowest BCUT2D eigenvalue weighted by molar-refractivity contribution is -0.138. The Morgan fingerprint density at radius 1 is 0.943 bits per heavy atom. The number of rotatable bonds is 3. The second-order valence-electron chi connectivity index (χ2n) is 8.47. The molecule has 9 heteroatoms. The zero-order valence-electron chi connectivity index (χ0n) is 18.5. The van der Waals surface area contributed by atoms with E-state index >= 15 is 0 Å². The highest BCUT2D eigenvalue weighted by atomic mass is 19.4. The molecule has 3 heterocycles. The minimum absolute atomic E-state index is 0.000186. The number of fused-ring (bicyclic) bond motifs is 2. The van der Waals surface area contributed by atoms with Crippen LogP contribution < -0.4 is 4.90 Å².